The minimum atomic E-state index is -4.38. The van der Waals surface area contributed by atoms with Crippen LogP contribution in [0.15, 0.2) is 36.4 Å². The van der Waals surface area contributed by atoms with Gasteiger partial charge in [0.15, 0.2) is 5.82 Å². The van der Waals surface area contributed by atoms with Crippen LogP contribution in [0.25, 0.3) is 10.8 Å². The quantitative estimate of drug-likeness (QED) is 0.454. The largest absolute Gasteiger partial charge is 0.416 e. The topological polar surface area (TPSA) is 44.3 Å². The average molecular weight is 498 g/mol. The van der Waals surface area contributed by atoms with Crippen molar-refractivity contribution in [3.05, 3.63) is 58.8 Å². The van der Waals surface area contributed by atoms with Gasteiger partial charge in [0.1, 0.15) is 0 Å². The third kappa shape index (κ3) is 4.63. The highest BCUT2D eigenvalue weighted by molar-refractivity contribution is 5.95. The number of hydrogen-bond acceptors (Lipinski definition) is 5. The fourth-order valence-electron chi connectivity index (χ4n) is 6.10. The zero-order valence-electron chi connectivity index (χ0n) is 21.4. The lowest BCUT2D eigenvalue weighted by Gasteiger charge is -2.40. The minimum Gasteiger partial charge on any atom is -0.371 e. The molecule has 192 valence electrons. The number of alkyl halides is 3. The first kappa shape index (κ1) is 24.8. The number of aryl methyl sites for hydroxylation is 1. The molecular weight excluding hydrogens is 463 g/mol. The lowest BCUT2D eigenvalue weighted by atomic mass is 9.77. The molecule has 2 saturated heterocycles. The van der Waals surface area contributed by atoms with Crippen molar-refractivity contribution in [2.45, 2.75) is 52.3 Å². The molecule has 0 radical (unpaired) electrons. The zero-order chi connectivity index (χ0) is 25.7. The van der Waals surface area contributed by atoms with Gasteiger partial charge in [-0.1, -0.05) is 18.2 Å². The van der Waals surface area contributed by atoms with E-state index >= 15 is 0 Å². The van der Waals surface area contributed by atoms with E-state index in [0.717, 1.165) is 41.3 Å². The van der Waals surface area contributed by atoms with Crippen molar-refractivity contribution in [2.24, 2.45) is 5.41 Å². The number of piperidine rings is 1. The molecule has 3 aromatic rings. The molecular formula is C28H34F3N5. The standard InChI is InChI=1S/C28H34F3N5/c1-18-22(6-5-7-25(18)28(29,30)31)19(2)32-26-24-16-21(8-9-23(24)20(3)33-34-26)36-14-11-27(12-15-36)10-13-35(4)17-27/h5-9,16,19H,10-15,17H2,1-4H3,(H,32,34). The summed E-state index contributed by atoms with van der Waals surface area (Å²) in [7, 11) is 2.21. The maximum atomic E-state index is 13.5. The average Bonchev–Trinajstić information content (AvgIpc) is 3.20. The van der Waals surface area contributed by atoms with Gasteiger partial charge in [0.25, 0.3) is 0 Å². The molecule has 2 fully saturated rings. The van der Waals surface area contributed by atoms with Crippen molar-refractivity contribution in [2.75, 3.05) is 43.4 Å². The van der Waals surface area contributed by atoms with Gasteiger partial charge in [-0.3, -0.25) is 0 Å². The molecule has 5 nitrogen and oxygen atoms in total. The van der Waals surface area contributed by atoms with E-state index in [1.807, 2.05) is 13.8 Å². The minimum absolute atomic E-state index is 0.231. The van der Waals surface area contributed by atoms with Crippen LogP contribution in [0.1, 0.15) is 54.6 Å². The summed E-state index contributed by atoms with van der Waals surface area (Å²) in [6.45, 7) is 9.75. The van der Waals surface area contributed by atoms with E-state index in [0.29, 0.717) is 16.8 Å². The van der Waals surface area contributed by atoms with Crippen molar-refractivity contribution in [1.29, 1.82) is 0 Å². The number of fused-ring (bicyclic) bond motifs is 1. The van der Waals surface area contributed by atoms with Crippen molar-refractivity contribution in [3.63, 3.8) is 0 Å². The predicted octanol–water partition coefficient (Wildman–Crippen LogP) is 6.36. The molecule has 1 unspecified atom stereocenters. The Bertz CT molecular complexity index is 1260. The summed E-state index contributed by atoms with van der Waals surface area (Å²) >= 11 is 0. The molecule has 2 aromatic carbocycles. The number of benzene rings is 2. The Labute approximate surface area is 210 Å². The van der Waals surface area contributed by atoms with Gasteiger partial charge in [0.05, 0.1) is 17.3 Å². The van der Waals surface area contributed by atoms with Gasteiger partial charge in [-0.2, -0.15) is 18.3 Å². The molecule has 0 saturated carbocycles. The fraction of sp³-hybridized carbons (Fsp3) is 0.500. The molecule has 2 aliphatic rings. The van der Waals surface area contributed by atoms with Gasteiger partial charge in [-0.05, 0) is 88.4 Å². The molecule has 0 bridgehead atoms. The van der Waals surface area contributed by atoms with Gasteiger partial charge < -0.3 is 15.1 Å². The van der Waals surface area contributed by atoms with E-state index in [-0.39, 0.29) is 11.6 Å². The second-order valence-electron chi connectivity index (χ2n) is 10.7. The number of nitrogens with one attached hydrogen (secondary N) is 1. The number of halogens is 3. The predicted molar refractivity (Wildman–Crippen MR) is 138 cm³/mol. The molecule has 3 heterocycles. The number of hydrogen-bond donors (Lipinski definition) is 1. The Morgan fingerprint density at radius 1 is 0.972 bits per heavy atom. The van der Waals surface area contributed by atoms with E-state index in [1.54, 1.807) is 6.07 Å². The van der Waals surface area contributed by atoms with Crippen LogP contribution in [0.2, 0.25) is 0 Å². The van der Waals surface area contributed by atoms with Crippen molar-refractivity contribution >= 4 is 22.3 Å². The van der Waals surface area contributed by atoms with Crippen LogP contribution in [0.5, 0.6) is 0 Å². The maximum absolute atomic E-state index is 13.5. The molecule has 36 heavy (non-hydrogen) atoms. The van der Waals surface area contributed by atoms with Crippen LogP contribution < -0.4 is 10.2 Å². The van der Waals surface area contributed by atoms with E-state index in [2.05, 4.69) is 50.6 Å². The van der Waals surface area contributed by atoms with E-state index in [1.165, 1.54) is 45.3 Å². The van der Waals surface area contributed by atoms with Gasteiger partial charge in [-0.25, -0.2) is 0 Å². The molecule has 1 N–H and O–H groups in total. The summed E-state index contributed by atoms with van der Waals surface area (Å²) < 4.78 is 40.4. The van der Waals surface area contributed by atoms with Gasteiger partial charge in [-0.15, -0.1) is 5.10 Å². The highest BCUT2D eigenvalue weighted by atomic mass is 19.4. The van der Waals surface area contributed by atoms with Gasteiger partial charge >= 0.3 is 6.18 Å². The highest BCUT2D eigenvalue weighted by Crippen LogP contribution is 2.41. The molecule has 0 amide bonds. The first-order chi connectivity index (χ1) is 17.1. The first-order valence-electron chi connectivity index (χ1n) is 12.7. The van der Waals surface area contributed by atoms with Gasteiger partial charge in [0, 0.05) is 36.1 Å². The lowest BCUT2D eigenvalue weighted by molar-refractivity contribution is -0.138. The van der Waals surface area contributed by atoms with E-state index in [9.17, 15) is 13.2 Å². The van der Waals surface area contributed by atoms with Crippen LogP contribution >= 0.6 is 0 Å². The highest BCUT2D eigenvalue weighted by Gasteiger charge is 2.39. The molecule has 8 heteroatoms. The Balaban J connectivity index is 1.42. The molecule has 1 aromatic heterocycles. The van der Waals surface area contributed by atoms with Crippen LogP contribution in [0, 0.1) is 19.3 Å². The monoisotopic (exact) mass is 497 g/mol. The maximum Gasteiger partial charge on any atom is 0.416 e. The number of rotatable bonds is 4. The second-order valence-corrected chi connectivity index (χ2v) is 10.7. The van der Waals surface area contributed by atoms with Crippen LogP contribution in [0.3, 0.4) is 0 Å². The number of anilines is 2. The van der Waals surface area contributed by atoms with Crippen LogP contribution in [-0.4, -0.2) is 48.3 Å². The molecule has 2 aliphatic heterocycles. The van der Waals surface area contributed by atoms with Crippen LogP contribution in [0.4, 0.5) is 24.7 Å². The summed E-state index contributed by atoms with van der Waals surface area (Å²) in [4.78, 5) is 4.89. The summed E-state index contributed by atoms with van der Waals surface area (Å²) in [6, 6.07) is 10.4. The summed E-state index contributed by atoms with van der Waals surface area (Å²) in [5.74, 6) is 0.590. The van der Waals surface area contributed by atoms with Crippen LogP contribution in [-0.2, 0) is 6.18 Å². The number of likely N-dealkylation sites (tertiary alicyclic amines) is 1. The van der Waals surface area contributed by atoms with Gasteiger partial charge in [0.2, 0.25) is 0 Å². The molecule has 1 atom stereocenters. The fourth-order valence-corrected chi connectivity index (χ4v) is 6.10. The third-order valence-electron chi connectivity index (χ3n) is 8.27. The second kappa shape index (κ2) is 9.21. The number of nitrogens with zero attached hydrogens (tertiary/aromatic N) is 4. The molecule has 0 aliphatic carbocycles. The Kier molecular flexibility index (Phi) is 6.35. The summed E-state index contributed by atoms with van der Waals surface area (Å²) in [6.07, 6.45) is -0.712. The van der Waals surface area contributed by atoms with E-state index < -0.39 is 11.7 Å². The molecule has 1 spiro atoms. The normalized spacial score (nSPS) is 19.2. The van der Waals surface area contributed by atoms with E-state index in [4.69, 9.17) is 0 Å². The first-order valence-corrected chi connectivity index (χ1v) is 12.7. The Morgan fingerprint density at radius 3 is 2.36 bits per heavy atom. The van der Waals surface area contributed by atoms with Crippen molar-refractivity contribution in [1.82, 2.24) is 15.1 Å². The lowest BCUT2D eigenvalue weighted by Crippen LogP contribution is -2.41. The summed E-state index contributed by atoms with van der Waals surface area (Å²) in [5, 5.41) is 14.0. The molecule has 5 rings (SSSR count). The summed E-state index contributed by atoms with van der Waals surface area (Å²) in [5.41, 5.74) is 2.66. The Hall–Kier alpha value is -2.87. The SMILES string of the molecule is Cc1c(C(C)Nc2nnc(C)c3ccc(N4CCC5(CCN(C)C5)CC4)cc23)cccc1C(F)(F)F. The van der Waals surface area contributed by atoms with Crippen molar-refractivity contribution < 1.29 is 13.2 Å². The van der Waals surface area contributed by atoms with Crippen molar-refractivity contribution in [3.8, 4) is 0 Å². The Morgan fingerprint density at radius 2 is 1.69 bits per heavy atom. The smallest absolute Gasteiger partial charge is 0.371 e. The number of aromatic nitrogens is 2. The zero-order valence-corrected chi connectivity index (χ0v) is 21.4. The third-order valence-corrected chi connectivity index (χ3v) is 8.27.